The van der Waals surface area contributed by atoms with E-state index in [1.54, 1.807) is 0 Å². The van der Waals surface area contributed by atoms with Crippen molar-refractivity contribution in [3.05, 3.63) is 41.2 Å². The molecule has 0 fully saturated rings. The van der Waals surface area contributed by atoms with E-state index < -0.39 is 0 Å². The largest absolute Gasteiger partial charge is 0.487 e. The van der Waals surface area contributed by atoms with Crippen LogP contribution in [-0.4, -0.2) is 15.0 Å². The topological polar surface area (TPSA) is 66.0 Å². The van der Waals surface area contributed by atoms with Gasteiger partial charge in [-0.3, -0.25) is 0 Å². The summed E-state index contributed by atoms with van der Waals surface area (Å²) in [7, 11) is 0. The Morgan fingerprint density at radius 3 is 2.52 bits per heavy atom. The molecule has 0 aliphatic carbocycles. The van der Waals surface area contributed by atoms with Crippen LogP contribution in [0.3, 0.4) is 0 Å². The molecule has 0 aliphatic heterocycles. The van der Waals surface area contributed by atoms with Crippen LogP contribution in [0, 0.1) is 5.92 Å². The first-order chi connectivity index (χ1) is 10.1. The summed E-state index contributed by atoms with van der Waals surface area (Å²) in [6.07, 6.45) is 1.03. The molecule has 5 heteroatoms. The molecule has 2 aromatic rings. The highest BCUT2D eigenvalue weighted by Crippen LogP contribution is 2.16. The minimum Gasteiger partial charge on any atom is -0.487 e. The number of rotatable bonds is 7. The zero-order chi connectivity index (χ0) is 15.2. The van der Waals surface area contributed by atoms with Crippen LogP contribution in [0.4, 0.5) is 0 Å². The number of nitrogens with zero attached hydrogens (tertiary/aromatic N) is 3. The maximum absolute atomic E-state index is 5.86. The van der Waals surface area contributed by atoms with Gasteiger partial charge >= 0.3 is 0 Å². The van der Waals surface area contributed by atoms with Gasteiger partial charge < -0.3 is 10.5 Å². The Balaban J connectivity index is 2.08. The van der Waals surface area contributed by atoms with Crippen molar-refractivity contribution in [2.45, 2.75) is 46.9 Å². The highest BCUT2D eigenvalue weighted by atomic mass is 16.5. The van der Waals surface area contributed by atoms with Crippen molar-refractivity contribution in [1.82, 2.24) is 15.0 Å². The van der Waals surface area contributed by atoms with Crippen LogP contribution < -0.4 is 10.5 Å². The lowest BCUT2D eigenvalue weighted by Gasteiger charge is -2.11. The third-order valence-corrected chi connectivity index (χ3v) is 3.36. The number of aromatic nitrogens is 3. The van der Waals surface area contributed by atoms with E-state index in [4.69, 9.17) is 10.5 Å². The SMILES string of the molecule is CCc1ccc(OCc2c(CN)nnn2CC(C)C)cc1. The Morgan fingerprint density at radius 1 is 1.24 bits per heavy atom. The summed E-state index contributed by atoms with van der Waals surface area (Å²) >= 11 is 0. The van der Waals surface area contributed by atoms with Gasteiger partial charge in [0, 0.05) is 13.1 Å². The van der Waals surface area contributed by atoms with Crippen molar-refractivity contribution in [2.75, 3.05) is 0 Å². The summed E-state index contributed by atoms with van der Waals surface area (Å²) in [5.41, 5.74) is 8.80. The molecule has 2 N–H and O–H groups in total. The maximum atomic E-state index is 5.86. The van der Waals surface area contributed by atoms with Crippen molar-refractivity contribution >= 4 is 0 Å². The van der Waals surface area contributed by atoms with Crippen LogP contribution in [0.5, 0.6) is 5.75 Å². The second kappa shape index (κ2) is 7.22. The van der Waals surface area contributed by atoms with Crippen molar-refractivity contribution in [2.24, 2.45) is 11.7 Å². The molecule has 0 spiro atoms. The number of benzene rings is 1. The summed E-state index contributed by atoms with van der Waals surface area (Å²) in [6, 6.07) is 8.17. The van der Waals surface area contributed by atoms with E-state index >= 15 is 0 Å². The summed E-state index contributed by atoms with van der Waals surface area (Å²) in [5.74, 6) is 1.35. The molecule has 114 valence electrons. The quantitative estimate of drug-likeness (QED) is 0.850. The van der Waals surface area contributed by atoms with E-state index in [0.29, 0.717) is 19.1 Å². The molecule has 21 heavy (non-hydrogen) atoms. The molecule has 0 saturated carbocycles. The standard InChI is InChI=1S/C16H24N4O/c1-4-13-5-7-14(8-6-13)21-11-16-15(9-17)18-19-20(16)10-12(2)3/h5-8,12H,4,9-11,17H2,1-3H3. The van der Waals surface area contributed by atoms with Gasteiger partial charge in [-0.25, -0.2) is 4.68 Å². The zero-order valence-corrected chi connectivity index (χ0v) is 13.0. The minimum atomic E-state index is 0.381. The fourth-order valence-electron chi connectivity index (χ4n) is 2.15. The van der Waals surface area contributed by atoms with Crippen LogP contribution in [0.25, 0.3) is 0 Å². The molecular weight excluding hydrogens is 264 g/mol. The molecule has 0 atom stereocenters. The fourth-order valence-corrected chi connectivity index (χ4v) is 2.15. The van der Waals surface area contributed by atoms with Gasteiger partial charge in [0.2, 0.25) is 0 Å². The van der Waals surface area contributed by atoms with Crippen LogP contribution >= 0.6 is 0 Å². The van der Waals surface area contributed by atoms with Crippen molar-refractivity contribution < 1.29 is 4.74 Å². The van der Waals surface area contributed by atoms with Crippen LogP contribution in [0.2, 0.25) is 0 Å². The van der Waals surface area contributed by atoms with Crippen LogP contribution in [0.1, 0.15) is 37.7 Å². The highest BCUT2D eigenvalue weighted by molar-refractivity contribution is 5.27. The maximum Gasteiger partial charge on any atom is 0.132 e. The highest BCUT2D eigenvalue weighted by Gasteiger charge is 2.13. The first kappa shape index (κ1) is 15.5. The van der Waals surface area contributed by atoms with Crippen LogP contribution in [-0.2, 0) is 26.1 Å². The average Bonchev–Trinajstić information content (AvgIpc) is 2.86. The Labute approximate surface area is 126 Å². The number of nitrogens with two attached hydrogens (primary N) is 1. The van der Waals surface area contributed by atoms with Gasteiger partial charge in [0.05, 0.1) is 0 Å². The lowest BCUT2D eigenvalue weighted by molar-refractivity contribution is 0.286. The predicted molar refractivity (Wildman–Crippen MR) is 82.9 cm³/mol. The Hall–Kier alpha value is -1.88. The van der Waals surface area contributed by atoms with Gasteiger partial charge in [-0.15, -0.1) is 5.10 Å². The van der Waals surface area contributed by atoms with E-state index in [1.807, 2.05) is 16.8 Å². The average molecular weight is 288 g/mol. The molecule has 0 radical (unpaired) electrons. The Morgan fingerprint density at radius 2 is 1.95 bits per heavy atom. The van der Waals surface area contributed by atoms with E-state index in [-0.39, 0.29) is 0 Å². The second-order valence-electron chi connectivity index (χ2n) is 5.55. The normalized spacial score (nSPS) is 11.1. The summed E-state index contributed by atoms with van der Waals surface area (Å²) < 4.78 is 7.75. The second-order valence-corrected chi connectivity index (χ2v) is 5.55. The number of aryl methyl sites for hydroxylation is 1. The van der Waals surface area contributed by atoms with Crippen molar-refractivity contribution in [3.63, 3.8) is 0 Å². The molecule has 0 unspecified atom stereocenters. The first-order valence-electron chi connectivity index (χ1n) is 7.47. The minimum absolute atomic E-state index is 0.381. The summed E-state index contributed by atoms with van der Waals surface area (Å²) in [6.45, 7) is 8.08. The lowest BCUT2D eigenvalue weighted by Crippen LogP contribution is -2.13. The third-order valence-electron chi connectivity index (χ3n) is 3.36. The third kappa shape index (κ3) is 4.04. The van der Waals surface area contributed by atoms with Crippen LogP contribution in [0.15, 0.2) is 24.3 Å². The zero-order valence-electron chi connectivity index (χ0n) is 13.0. The van der Waals surface area contributed by atoms with Gasteiger partial charge in [0.25, 0.3) is 0 Å². The molecule has 1 heterocycles. The predicted octanol–water partition coefficient (Wildman–Crippen LogP) is 2.53. The van der Waals surface area contributed by atoms with E-state index in [9.17, 15) is 0 Å². The molecule has 0 bridgehead atoms. The van der Waals surface area contributed by atoms with Gasteiger partial charge in [-0.2, -0.15) is 0 Å². The molecule has 5 nitrogen and oxygen atoms in total. The molecule has 0 saturated heterocycles. The molecule has 1 aromatic carbocycles. The lowest BCUT2D eigenvalue weighted by atomic mass is 10.2. The molecule has 0 amide bonds. The fraction of sp³-hybridized carbons (Fsp3) is 0.500. The number of hydrogen-bond donors (Lipinski definition) is 1. The molecule has 0 aliphatic rings. The number of ether oxygens (including phenoxy) is 1. The van der Waals surface area contributed by atoms with Gasteiger partial charge in [0.1, 0.15) is 23.7 Å². The van der Waals surface area contributed by atoms with Gasteiger partial charge in [-0.05, 0) is 30.0 Å². The number of hydrogen-bond acceptors (Lipinski definition) is 4. The molecular formula is C16H24N4O. The van der Waals surface area contributed by atoms with Crippen molar-refractivity contribution in [1.29, 1.82) is 0 Å². The summed E-state index contributed by atoms with van der Waals surface area (Å²) in [5, 5.41) is 8.31. The van der Waals surface area contributed by atoms with Gasteiger partial charge in [-0.1, -0.05) is 38.1 Å². The smallest absolute Gasteiger partial charge is 0.132 e. The molecule has 2 rings (SSSR count). The summed E-state index contributed by atoms with van der Waals surface area (Å²) in [4.78, 5) is 0. The first-order valence-corrected chi connectivity index (χ1v) is 7.47. The van der Waals surface area contributed by atoms with E-state index in [0.717, 1.165) is 30.1 Å². The Kier molecular flexibility index (Phi) is 5.33. The van der Waals surface area contributed by atoms with Crippen molar-refractivity contribution in [3.8, 4) is 5.75 Å². The monoisotopic (exact) mass is 288 g/mol. The molecule has 1 aromatic heterocycles. The Bertz CT molecular complexity index is 560. The van der Waals surface area contributed by atoms with E-state index in [1.165, 1.54) is 5.56 Å². The van der Waals surface area contributed by atoms with Gasteiger partial charge in [0.15, 0.2) is 0 Å². The van der Waals surface area contributed by atoms with E-state index in [2.05, 4.69) is 43.2 Å².